The highest BCUT2D eigenvalue weighted by molar-refractivity contribution is 7.98. The van der Waals surface area contributed by atoms with Crippen LogP contribution in [0.25, 0.3) is 26.3 Å². The van der Waals surface area contributed by atoms with E-state index in [4.69, 9.17) is 9.40 Å². The van der Waals surface area contributed by atoms with Crippen LogP contribution in [0.1, 0.15) is 17.3 Å². The number of hydrogen-bond acceptors (Lipinski definition) is 7. The van der Waals surface area contributed by atoms with Gasteiger partial charge in [0.2, 0.25) is 11.8 Å². The molecule has 0 N–H and O–H groups in total. The summed E-state index contributed by atoms with van der Waals surface area (Å²) in [5.74, 6) is 1.45. The van der Waals surface area contributed by atoms with Gasteiger partial charge in [0.15, 0.2) is 5.16 Å². The molecule has 31 heavy (non-hydrogen) atoms. The SMILES string of the molecule is Cc1nnc(CSc2nc3sc(-c4ccccc4)cc3c(=O)n2-c2ccccc2C)o1. The summed E-state index contributed by atoms with van der Waals surface area (Å²) >= 11 is 2.94. The summed E-state index contributed by atoms with van der Waals surface area (Å²) in [7, 11) is 0. The molecule has 8 heteroatoms. The summed E-state index contributed by atoms with van der Waals surface area (Å²) in [6, 6.07) is 19.8. The van der Waals surface area contributed by atoms with Gasteiger partial charge in [-0.1, -0.05) is 60.3 Å². The molecule has 0 saturated carbocycles. The Morgan fingerprint density at radius 1 is 1.03 bits per heavy atom. The fourth-order valence-corrected chi connectivity index (χ4v) is 5.27. The quantitative estimate of drug-likeness (QED) is 0.266. The molecular weight excluding hydrogens is 428 g/mol. The summed E-state index contributed by atoms with van der Waals surface area (Å²) in [5, 5.41) is 9.16. The third kappa shape index (κ3) is 3.80. The molecule has 5 rings (SSSR count). The highest BCUT2D eigenvalue weighted by Crippen LogP contribution is 2.33. The van der Waals surface area contributed by atoms with Crippen LogP contribution in [0.15, 0.2) is 75.0 Å². The number of fused-ring (bicyclic) bond motifs is 1. The Hall–Kier alpha value is -3.23. The zero-order chi connectivity index (χ0) is 21.4. The first-order valence-electron chi connectivity index (χ1n) is 9.70. The number of nitrogens with zero attached hydrogens (tertiary/aromatic N) is 4. The molecule has 2 aromatic carbocycles. The first-order chi connectivity index (χ1) is 15.1. The molecule has 0 radical (unpaired) electrons. The summed E-state index contributed by atoms with van der Waals surface area (Å²) in [6.07, 6.45) is 0. The molecule has 5 aromatic rings. The van der Waals surface area contributed by atoms with E-state index < -0.39 is 0 Å². The van der Waals surface area contributed by atoms with E-state index in [0.29, 0.717) is 28.1 Å². The maximum atomic E-state index is 13.6. The third-order valence-corrected chi connectivity index (χ3v) is 6.84. The van der Waals surface area contributed by atoms with Gasteiger partial charge in [0.25, 0.3) is 5.56 Å². The molecule has 0 unspecified atom stereocenters. The van der Waals surface area contributed by atoms with Crippen molar-refractivity contribution in [2.45, 2.75) is 24.8 Å². The highest BCUT2D eigenvalue weighted by Gasteiger charge is 2.18. The number of aromatic nitrogens is 4. The van der Waals surface area contributed by atoms with Crippen molar-refractivity contribution in [1.29, 1.82) is 0 Å². The molecule has 0 atom stereocenters. The van der Waals surface area contributed by atoms with Gasteiger partial charge in [-0.05, 0) is 30.2 Å². The second-order valence-electron chi connectivity index (χ2n) is 7.02. The lowest BCUT2D eigenvalue weighted by Gasteiger charge is -2.13. The van der Waals surface area contributed by atoms with E-state index in [1.807, 2.05) is 67.6 Å². The van der Waals surface area contributed by atoms with Gasteiger partial charge in [0.1, 0.15) is 4.83 Å². The lowest BCUT2D eigenvalue weighted by molar-refractivity contribution is 0.485. The molecule has 0 spiro atoms. The average Bonchev–Trinajstić information content (AvgIpc) is 3.40. The molecule has 3 heterocycles. The Morgan fingerprint density at radius 2 is 1.81 bits per heavy atom. The minimum Gasteiger partial charge on any atom is -0.425 e. The average molecular weight is 447 g/mol. The van der Waals surface area contributed by atoms with Gasteiger partial charge >= 0.3 is 0 Å². The number of thioether (sulfide) groups is 1. The van der Waals surface area contributed by atoms with E-state index in [0.717, 1.165) is 26.5 Å². The zero-order valence-electron chi connectivity index (χ0n) is 16.9. The number of rotatable bonds is 5. The Bertz CT molecular complexity index is 1440. The third-order valence-electron chi connectivity index (χ3n) is 4.84. The maximum absolute atomic E-state index is 13.6. The van der Waals surface area contributed by atoms with Gasteiger partial charge in [-0.3, -0.25) is 9.36 Å². The van der Waals surface area contributed by atoms with E-state index >= 15 is 0 Å². The number of para-hydroxylation sites is 1. The van der Waals surface area contributed by atoms with Crippen molar-refractivity contribution in [3.05, 3.63) is 88.4 Å². The second kappa shape index (κ2) is 8.13. The van der Waals surface area contributed by atoms with Crippen LogP contribution in [0.5, 0.6) is 0 Å². The fraction of sp³-hybridized carbons (Fsp3) is 0.130. The van der Waals surface area contributed by atoms with Crippen LogP contribution in [-0.4, -0.2) is 19.7 Å². The largest absolute Gasteiger partial charge is 0.425 e. The Morgan fingerprint density at radius 3 is 2.55 bits per heavy atom. The van der Waals surface area contributed by atoms with Crippen molar-refractivity contribution in [2.75, 3.05) is 0 Å². The van der Waals surface area contributed by atoms with Crippen LogP contribution in [-0.2, 0) is 5.75 Å². The fourth-order valence-electron chi connectivity index (χ4n) is 3.35. The van der Waals surface area contributed by atoms with Gasteiger partial charge in [0, 0.05) is 11.8 Å². The molecule has 6 nitrogen and oxygen atoms in total. The van der Waals surface area contributed by atoms with Crippen molar-refractivity contribution >= 4 is 33.3 Å². The number of aryl methyl sites for hydroxylation is 2. The summed E-state index contributed by atoms with van der Waals surface area (Å²) < 4.78 is 7.19. The predicted octanol–water partition coefficient (Wildman–Crippen LogP) is 5.41. The number of thiophene rings is 1. The molecule has 0 amide bonds. The first-order valence-corrected chi connectivity index (χ1v) is 11.5. The molecule has 154 valence electrons. The Balaban J connectivity index is 1.67. The van der Waals surface area contributed by atoms with Crippen LogP contribution in [0.3, 0.4) is 0 Å². The maximum Gasteiger partial charge on any atom is 0.267 e. The number of hydrogen-bond donors (Lipinski definition) is 0. The van der Waals surface area contributed by atoms with Gasteiger partial charge < -0.3 is 4.42 Å². The van der Waals surface area contributed by atoms with Gasteiger partial charge in [-0.2, -0.15) is 0 Å². The summed E-state index contributed by atoms with van der Waals surface area (Å²) in [5.41, 5.74) is 2.81. The molecule has 0 saturated heterocycles. The molecule has 0 fully saturated rings. The minimum atomic E-state index is -0.0815. The van der Waals surface area contributed by atoms with Crippen molar-refractivity contribution in [3.8, 4) is 16.1 Å². The first kappa shape index (κ1) is 19.7. The summed E-state index contributed by atoms with van der Waals surface area (Å²) in [4.78, 5) is 20.2. The second-order valence-corrected chi connectivity index (χ2v) is 8.99. The Kier molecular flexibility index (Phi) is 5.17. The smallest absolute Gasteiger partial charge is 0.267 e. The van der Waals surface area contributed by atoms with Crippen LogP contribution >= 0.6 is 23.1 Å². The van der Waals surface area contributed by atoms with Crippen molar-refractivity contribution < 1.29 is 4.42 Å². The lowest BCUT2D eigenvalue weighted by atomic mass is 10.2. The van der Waals surface area contributed by atoms with E-state index in [9.17, 15) is 4.79 Å². The van der Waals surface area contributed by atoms with Crippen molar-refractivity contribution in [1.82, 2.24) is 19.7 Å². The normalized spacial score (nSPS) is 11.3. The molecule has 0 aliphatic carbocycles. The molecule has 0 aliphatic rings. The molecule has 3 aromatic heterocycles. The van der Waals surface area contributed by atoms with Gasteiger partial charge in [-0.15, -0.1) is 21.5 Å². The molecule has 0 aliphatic heterocycles. The van der Waals surface area contributed by atoms with Crippen LogP contribution in [0, 0.1) is 13.8 Å². The van der Waals surface area contributed by atoms with Crippen molar-refractivity contribution in [2.24, 2.45) is 0 Å². The van der Waals surface area contributed by atoms with Gasteiger partial charge in [0.05, 0.1) is 16.8 Å². The predicted molar refractivity (Wildman–Crippen MR) is 124 cm³/mol. The van der Waals surface area contributed by atoms with E-state index in [2.05, 4.69) is 10.2 Å². The monoisotopic (exact) mass is 446 g/mol. The highest BCUT2D eigenvalue weighted by atomic mass is 32.2. The van der Waals surface area contributed by atoms with Crippen molar-refractivity contribution in [3.63, 3.8) is 0 Å². The number of benzene rings is 2. The van der Waals surface area contributed by atoms with Gasteiger partial charge in [-0.25, -0.2) is 4.98 Å². The zero-order valence-corrected chi connectivity index (χ0v) is 18.5. The molecular formula is C23H18N4O2S2. The standard InChI is InChI=1S/C23H18N4O2S2/c1-14-8-6-7-11-18(14)27-22(28)17-12-19(16-9-4-3-5-10-16)31-21(17)24-23(27)30-13-20-26-25-15(2)29-20/h3-12H,13H2,1-2H3. The van der Waals surface area contributed by atoms with E-state index in [1.54, 1.807) is 11.5 Å². The molecule has 0 bridgehead atoms. The topological polar surface area (TPSA) is 73.8 Å². The van der Waals surface area contributed by atoms with Crippen LogP contribution < -0.4 is 5.56 Å². The Labute approximate surface area is 186 Å². The summed E-state index contributed by atoms with van der Waals surface area (Å²) in [6.45, 7) is 3.75. The van der Waals surface area contributed by atoms with Crippen LogP contribution in [0.4, 0.5) is 0 Å². The van der Waals surface area contributed by atoms with E-state index in [-0.39, 0.29) is 5.56 Å². The lowest BCUT2D eigenvalue weighted by Crippen LogP contribution is -2.21. The van der Waals surface area contributed by atoms with E-state index in [1.165, 1.54) is 23.1 Å². The van der Waals surface area contributed by atoms with Crippen LogP contribution in [0.2, 0.25) is 0 Å². The minimum absolute atomic E-state index is 0.0815.